The molecule has 5 heteroatoms. The van der Waals surface area contributed by atoms with Crippen LogP contribution in [0.3, 0.4) is 0 Å². The molecule has 1 heterocycles. The van der Waals surface area contributed by atoms with Gasteiger partial charge in [-0.2, -0.15) is 0 Å². The Labute approximate surface area is 137 Å². The van der Waals surface area contributed by atoms with Gasteiger partial charge in [-0.15, -0.1) is 0 Å². The number of hydrogen-bond donors (Lipinski definition) is 0. The van der Waals surface area contributed by atoms with Crippen LogP contribution in [0.4, 0.5) is 0 Å². The summed E-state index contributed by atoms with van der Waals surface area (Å²) in [5, 5.41) is 0.705. The molecular weight excluding hydrogens is 300 g/mol. The van der Waals surface area contributed by atoms with Crippen LogP contribution >= 0.6 is 11.6 Å². The molecule has 22 heavy (non-hydrogen) atoms. The number of likely N-dealkylation sites (tertiary alicyclic amines) is 1. The second kappa shape index (κ2) is 8.18. The third kappa shape index (κ3) is 5.02. The smallest absolute Gasteiger partial charge is 0.224 e. The van der Waals surface area contributed by atoms with Crippen LogP contribution < -0.4 is 0 Å². The Morgan fingerprint density at radius 2 is 1.95 bits per heavy atom. The predicted molar refractivity (Wildman–Crippen MR) is 87.8 cm³/mol. The lowest BCUT2D eigenvalue weighted by Gasteiger charge is -2.22. The van der Waals surface area contributed by atoms with Crippen molar-refractivity contribution in [3.05, 3.63) is 34.9 Å². The van der Waals surface area contributed by atoms with Crippen molar-refractivity contribution >= 4 is 23.4 Å². The zero-order chi connectivity index (χ0) is 15.9. The minimum absolute atomic E-state index is 0.0104. The lowest BCUT2D eigenvalue weighted by atomic mass is 10.1. The summed E-state index contributed by atoms with van der Waals surface area (Å²) in [7, 11) is 0. The van der Waals surface area contributed by atoms with Crippen molar-refractivity contribution in [3.63, 3.8) is 0 Å². The molecule has 0 N–H and O–H groups in total. The van der Waals surface area contributed by atoms with Gasteiger partial charge in [-0.05, 0) is 37.0 Å². The highest BCUT2D eigenvalue weighted by atomic mass is 35.5. The van der Waals surface area contributed by atoms with Gasteiger partial charge in [-0.1, -0.05) is 23.7 Å². The highest BCUT2D eigenvalue weighted by Gasteiger charge is 2.19. The molecule has 0 radical (unpaired) electrons. The Morgan fingerprint density at radius 3 is 2.59 bits per heavy atom. The average Bonchev–Trinajstić information content (AvgIpc) is 3.01. The van der Waals surface area contributed by atoms with Crippen molar-refractivity contribution in [2.45, 2.75) is 32.6 Å². The maximum absolute atomic E-state index is 12.1. The summed E-state index contributed by atoms with van der Waals surface area (Å²) >= 11 is 5.97. The molecule has 4 nitrogen and oxygen atoms in total. The van der Waals surface area contributed by atoms with Gasteiger partial charge in [-0.3, -0.25) is 9.59 Å². The van der Waals surface area contributed by atoms with Crippen molar-refractivity contribution in [1.82, 2.24) is 9.80 Å². The quantitative estimate of drug-likeness (QED) is 0.808. The van der Waals surface area contributed by atoms with Gasteiger partial charge in [0.05, 0.1) is 0 Å². The molecular formula is C17H23ClN2O2. The van der Waals surface area contributed by atoms with E-state index >= 15 is 0 Å². The van der Waals surface area contributed by atoms with Gasteiger partial charge in [0, 0.05) is 44.5 Å². The van der Waals surface area contributed by atoms with Crippen molar-refractivity contribution in [1.29, 1.82) is 0 Å². The standard InChI is InChI=1S/C17H23ClN2O2/c1-14(21)19(11-7-15-5-4-6-16(18)13-15)12-8-17(22)20-9-2-3-10-20/h4-6,13H,2-3,7-12H2,1H3. The molecule has 0 saturated carbocycles. The summed E-state index contributed by atoms with van der Waals surface area (Å²) in [4.78, 5) is 27.4. The van der Waals surface area contributed by atoms with Crippen molar-refractivity contribution < 1.29 is 9.59 Å². The first-order valence-corrected chi connectivity index (χ1v) is 8.22. The highest BCUT2D eigenvalue weighted by Crippen LogP contribution is 2.12. The van der Waals surface area contributed by atoms with E-state index in [1.807, 2.05) is 29.2 Å². The van der Waals surface area contributed by atoms with E-state index < -0.39 is 0 Å². The first-order chi connectivity index (χ1) is 10.6. The minimum atomic E-state index is 0.0104. The summed E-state index contributed by atoms with van der Waals surface area (Å²) in [6.45, 7) is 4.38. The van der Waals surface area contributed by atoms with E-state index in [1.165, 1.54) is 0 Å². The van der Waals surface area contributed by atoms with Crippen LogP contribution in [0.25, 0.3) is 0 Å². The van der Waals surface area contributed by atoms with Gasteiger partial charge < -0.3 is 9.80 Å². The van der Waals surface area contributed by atoms with Gasteiger partial charge in [0.1, 0.15) is 0 Å². The number of halogens is 1. The molecule has 1 aromatic carbocycles. The number of benzene rings is 1. The third-order valence-electron chi connectivity index (χ3n) is 4.06. The predicted octanol–water partition coefficient (Wildman–Crippen LogP) is 2.74. The van der Waals surface area contributed by atoms with Crippen LogP contribution in [0.5, 0.6) is 0 Å². The van der Waals surface area contributed by atoms with Gasteiger partial charge in [-0.25, -0.2) is 0 Å². The molecule has 2 rings (SSSR count). The fraction of sp³-hybridized carbons (Fsp3) is 0.529. The molecule has 0 spiro atoms. The third-order valence-corrected chi connectivity index (χ3v) is 4.29. The second-order valence-corrected chi connectivity index (χ2v) is 6.16. The largest absolute Gasteiger partial charge is 0.343 e. The monoisotopic (exact) mass is 322 g/mol. The van der Waals surface area contributed by atoms with Gasteiger partial charge in [0.25, 0.3) is 0 Å². The fourth-order valence-corrected chi connectivity index (χ4v) is 2.95. The summed E-state index contributed by atoms with van der Waals surface area (Å²) < 4.78 is 0. The number of carbonyl (C=O) groups is 2. The lowest BCUT2D eigenvalue weighted by molar-refractivity contribution is -0.132. The SMILES string of the molecule is CC(=O)N(CCC(=O)N1CCCC1)CCc1cccc(Cl)c1. The molecule has 0 atom stereocenters. The first kappa shape index (κ1) is 16.8. The molecule has 0 aromatic heterocycles. The molecule has 0 unspecified atom stereocenters. The maximum Gasteiger partial charge on any atom is 0.224 e. The van der Waals surface area contributed by atoms with Crippen molar-refractivity contribution in [2.75, 3.05) is 26.2 Å². The topological polar surface area (TPSA) is 40.6 Å². The van der Waals surface area contributed by atoms with E-state index in [-0.39, 0.29) is 11.8 Å². The van der Waals surface area contributed by atoms with E-state index in [2.05, 4.69) is 0 Å². The summed E-state index contributed by atoms with van der Waals surface area (Å²) in [6.07, 6.45) is 3.35. The number of hydrogen-bond acceptors (Lipinski definition) is 2. The number of carbonyl (C=O) groups excluding carboxylic acids is 2. The number of amides is 2. The molecule has 1 aromatic rings. The Morgan fingerprint density at radius 1 is 1.23 bits per heavy atom. The molecule has 2 amide bonds. The fourth-order valence-electron chi connectivity index (χ4n) is 2.74. The van der Waals surface area contributed by atoms with E-state index in [0.29, 0.717) is 24.5 Å². The number of rotatable bonds is 6. The van der Waals surface area contributed by atoms with Crippen LogP contribution in [0.1, 0.15) is 31.7 Å². The van der Waals surface area contributed by atoms with Gasteiger partial charge in [0.15, 0.2) is 0 Å². The van der Waals surface area contributed by atoms with Gasteiger partial charge in [0.2, 0.25) is 11.8 Å². The molecule has 0 aliphatic carbocycles. The second-order valence-electron chi connectivity index (χ2n) is 5.72. The van der Waals surface area contributed by atoms with E-state index in [4.69, 9.17) is 11.6 Å². The molecule has 1 aliphatic rings. The Balaban J connectivity index is 1.82. The lowest BCUT2D eigenvalue weighted by Crippen LogP contribution is -2.36. The summed E-state index contributed by atoms with van der Waals surface area (Å²) in [5.74, 6) is 0.169. The van der Waals surface area contributed by atoms with E-state index in [0.717, 1.165) is 37.9 Å². The average molecular weight is 323 g/mol. The normalized spacial score (nSPS) is 14.2. The summed E-state index contributed by atoms with van der Waals surface area (Å²) in [6, 6.07) is 7.66. The van der Waals surface area contributed by atoms with Gasteiger partial charge >= 0.3 is 0 Å². The minimum Gasteiger partial charge on any atom is -0.343 e. The van der Waals surface area contributed by atoms with E-state index in [9.17, 15) is 9.59 Å². The molecule has 1 saturated heterocycles. The zero-order valence-electron chi connectivity index (χ0n) is 13.1. The Hall–Kier alpha value is -1.55. The van der Waals surface area contributed by atoms with E-state index in [1.54, 1.807) is 11.8 Å². The summed E-state index contributed by atoms with van der Waals surface area (Å²) in [5.41, 5.74) is 1.10. The van der Waals surface area contributed by atoms with Crippen LogP contribution in [-0.2, 0) is 16.0 Å². The van der Waals surface area contributed by atoms with Crippen LogP contribution in [0.2, 0.25) is 5.02 Å². The zero-order valence-corrected chi connectivity index (χ0v) is 13.8. The molecule has 1 fully saturated rings. The maximum atomic E-state index is 12.1. The van der Waals surface area contributed by atoms with Crippen LogP contribution in [0, 0.1) is 0 Å². The van der Waals surface area contributed by atoms with Crippen molar-refractivity contribution in [2.24, 2.45) is 0 Å². The van der Waals surface area contributed by atoms with Crippen LogP contribution in [0.15, 0.2) is 24.3 Å². The highest BCUT2D eigenvalue weighted by molar-refractivity contribution is 6.30. The van der Waals surface area contributed by atoms with Crippen molar-refractivity contribution in [3.8, 4) is 0 Å². The van der Waals surface area contributed by atoms with Crippen LogP contribution in [-0.4, -0.2) is 47.8 Å². The first-order valence-electron chi connectivity index (χ1n) is 7.84. The molecule has 0 bridgehead atoms. The Bertz CT molecular complexity index is 527. The molecule has 1 aliphatic heterocycles. The molecule has 120 valence electrons. The number of nitrogens with zero attached hydrogens (tertiary/aromatic N) is 2. The Kier molecular flexibility index (Phi) is 6.25.